The van der Waals surface area contributed by atoms with E-state index >= 15 is 0 Å². The highest BCUT2D eigenvalue weighted by Crippen LogP contribution is 2.17. The van der Waals surface area contributed by atoms with Crippen molar-refractivity contribution in [1.82, 2.24) is 15.1 Å². The lowest BCUT2D eigenvalue weighted by atomic mass is 10.0. The van der Waals surface area contributed by atoms with Crippen LogP contribution in [0.4, 0.5) is 4.39 Å². The van der Waals surface area contributed by atoms with E-state index in [9.17, 15) is 9.18 Å². The van der Waals surface area contributed by atoms with Gasteiger partial charge in [0.25, 0.3) is 5.91 Å². The van der Waals surface area contributed by atoms with Crippen molar-refractivity contribution in [1.29, 1.82) is 0 Å². The Morgan fingerprint density at radius 2 is 2.22 bits per heavy atom. The fourth-order valence-electron chi connectivity index (χ4n) is 2.30. The first-order chi connectivity index (χ1) is 11.2. The van der Waals surface area contributed by atoms with Crippen LogP contribution in [0.15, 0.2) is 41.8 Å². The molecule has 2 aromatic rings. The average Bonchev–Trinajstić information content (AvgIpc) is 3.22. The molecule has 23 heavy (non-hydrogen) atoms. The van der Waals surface area contributed by atoms with Crippen LogP contribution in [0.2, 0.25) is 0 Å². The largest absolute Gasteiger partial charge is 0.382 e. The number of aromatic nitrogens is 2. The molecule has 1 atom stereocenters. The van der Waals surface area contributed by atoms with Crippen molar-refractivity contribution in [2.75, 3.05) is 0 Å². The normalized spacial score (nSPS) is 16.8. The summed E-state index contributed by atoms with van der Waals surface area (Å²) in [6.07, 6.45) is 3.32. The lowest BCUT2D eigenvalue weighted by molar-refractivity contribution is -0.131. The summed E-state index contributed by atoms with van der Waals surface area (Å²) in [5.41, 5.74) is 2.33. The van der Waals surface area contributed by atoms with E-state index in [2.05, 4.69) is 15.6 Å². The minimum atomic E-state index is -0.656. The van der Waals surface area contributed by atoms with Gasteiger partial charge in [-0.15, -0.1) is 0 Å². The molecule has 0 bridgehead atoms. The zero-order chi connectivity index (χ0) is 16.2. The minimum Gasteiger partial charge on any atom is -0.382 e. The SMILES string of the molecule is CCn1cc(CNC(=O)C2CC(c3ccc(F)cc3)=NO2)cn1. The highest BCUT2D eigenvalue weighted by molar-refractivity contribution is 6.04. The van der Waals surface area contributed by atoms with Crippen LogP contribution in [0.5, 0.6) is 0 Å². The highest BCUT2D eigenvalue weighted by atomic mass is 19.1. The van der Waals surface area contributed by atoms with Crippen LogP contribution < -0.4 is 5.32 Å². The molecule has 1 aliphatic rings. The molecule has 1 aliphatic heterocycles. The maximum absolute atomic E-state index is 12.9. The van der Waals surface area contributed by atoms with Gasteiger partial charge in [0.15, 0.2) is 0 Å². The van der Waals surface area contributed by atoms with Crippen LogP contribution in [0.1, 0.15) is 24.5 Å². The van der Waals surface area contributed by atoms with Crippen LogP contribution in [-0.4, -0.2) is 27.5 Å². The van der Waals surface area contributed by atoms with E-state index in [0.717, 1.165) is 17.7 Å². The van der Waals surface area contributed by atoms with Crippen molar-refractivity contribution in [3.63, 3.8) is 0 Å². The van der Waals surface area contributed by atoms with Gasteiger partial charge in [0.2, 0.25) is 6.10 Å². The van der Waals surface area contributed by atoms with Gasteiger partial charge in [0.1, 0.15) is 5.82 Å². The molecular formula is C16H17FN4O2. The van der Waals surface area contributed by atoms with E-state index in [4.69, 9.17) is 4.84 Å². The Morgan fingerprint density at radius 3 is 2.91 bits per heavy atom. The first-order valence-corrected chi connectivity index (χ1v) is 7.43. The second-order valence-electron chi connectivity index (χ2n) is 5.27. The maximum Gasteiger partial charge on any atom is 0.264 e. The summed E-state index contributed by atoms with van der Waals surface area (Å²) in [7, 11) is 0. The van der Waals surface area contributed by atoms with Gasteiger partial charge >= 0.3 is 0 Å². The molecule has 1 aromatic heterocycles. The quantitative estimate of drug-likeness (QED) is 0.915. The van der Waals surface area contributed by atoms with Crippen molar-refractivity contribution in [3.05, 3.63) is 53.6 Å². The number of nitrogens with zero attached hydrogens (tertiary/aromatic N) is 3. The summed E-state index contributed by atoms with van der Waals surface area (Å²) >= 11 is 0. The molecule has 1 unspecified atom stereocenters. The number of benzene rings is 1. The van der Waals surface area contributed by atoms with Gasteiger partial charge < -0.3 is 10.2 Å². The monoisotopic (exact) mass is 316 g/mol. The molecule has 1 N–H and O–H groups in total. The summed E-state index contributed by atoms with van der Waals surface area (Å²) < 4.78 is 14.7. The van der Waals surface area contributed by atoms with Crippen LogP contribution in [0.25, 0.3) is 0 Å². The number of aryl methyl sites for hydroxylation is 1. The van der Waals surface area contributed by atoms with Crippen LogP contribution in [0.3, 0.4) is 0 Å². The fourth-order valence-corrected chi connectivity index (χ4v) is 2.30. The topological polar surface area (TPSA) is 68.5 Å². The molecule has 120 valence electrons. The Kier molecular flexibility index (Phi) is 4.36. The molecular weight excluding hydrogens is 299 g/mol. The number of nitrogens with one attached hydrogen (secondary N) is 1. The number of rotatable bonds is 5. The zero-order valence-corrected chi connectivity index (χ0v) is 12.7. The van der Waals surface area contributed by atoms with E-state index in [0.29, 0.717) is 18.7 Å². The molecule has 1 aromatic carbocycles. The third-order valence-electron chi connectivity index (χ3n) is 3.62. The lowest BCUT2D eigenvalue weighted by Crippen LogP contribution is -2.34. The Morgan fingerprint density at radius 1 is 1.43 bits per heavy atom. The van der Waals surface area contributed by atoms with Crippen molar-refractivity contribution in [2.24, 2.45) is 5.16 Å². The minimum absolute atomic E-state index is 0.227. The predicted molar refractivity (Wildman–Crippen MR) is 82.2 cm³/mol. The number of amides is 1. The van der Waals surface area contributed by atoms with Crippen molar-refractivity contribution >= 4 is 11.6 Å². The van der Waals surface area contributed by atoms with E-state index in [1.807, 2.05) is 13.1 Å². The third-order valence-corrected chi connectivity index (χ3v) is 3.62. The molecule has 0 aliphatic carbocycles. The number of carbonyl (C=O) groups excluding carboxylic acids is 1. The van der Waals surface area contributed by atoms with Crippen LogP contribution in [-0.2, 0) is 22.7 Å². The maximum atomic E-state index is 12.9. The second-order valence-corrected chi connectivity index (χ2v) is 5.27. The third kappa shape index (κ3) is 3.56. The standard InChI is InChI=1S/C16H17FN4O2/c1-2-21-10-11(9-19-21)8-18-16(22)15-7-14(20-23-15)12-3-5-13(17)6-4-12/h3-6,9-10,15H,2,7-8H2,1H3,(H,18,22). The van der Waals surface area contributed by atoms with Crippen molar-refractivity contribution in [3.8, 4) is 0 Å². The Hall–Kier alpha value is -2.70. The van der Waals surface area contributed by atoms with Gasteiger partial charge in [-0.2, -0.15) is 5.10 Å². The van der Waals surface area contributed by atoms with Crippen LogP contribution >= 0.6 is 0 Å². The predicted octanol–water partition coefficient (Wildman–Crippen LogP) is 1.85. The number of oxime groups is 1. The molecule has 0 fully saturated rings. The average molecular weight is 316 g/mol. The first kappa shape index (κ1) is 15.2. The fraction of sp³-hybridized carbons (Fsp3) is 0.312. The highest BCUT2D eigenvalue weighted by Gasteiger charge is 2.28. The lowest BCUT2D eigenvalue weighted by Gasteiger charge is -2.08. The molecule has 0 radical (unpaired) electrons. The number of hydrogen-bond acceptors (Lipinski definition) is 4. The van der Waals surface area contributed by atoms with E-state index in [-0.39, 0.29) is 11.7 Å². The van der Waals surface area contributed by atoms with E-state index in [1.165, 1.54) is 12.1 Å². The molecule has 2 heterocycles. The van der Waals surface area contributed by atoms with Crippen LogP contribution in [0, 0.1) is 5.82 Å². The van der Waals surface area contributed by atoms with Gasteiger partial charge in [-0.05, 0) is 24.6 Å². The first-order valence-electron chi connectivity index (χ1n) is 7.43. The summed E-state index contributed by atoms with van der Waals surface area (Å²) in [4.78, 5) is 17.3. The van der Waals surface area contributed by atoms with Gasteiger partial charge in [-0.1, -0.05) is 17.3 Å². The van der Waals surface area contributed by atoms with Gasteiger partial charge in [0.05, 0.1) is 11.9 Å². The van der Waals surface area contributed by atoms with Gasteiger partial charge in [-0.3, -0.25) is 9.48 Å². The molecule has 1 amide bonds. The molecule has 7 heteroatoms. The van der Waals surface area contributed by atoms with Crippen molar-refractivity contribution < 1.29 is 14.0 Å². The summed E-state index contributed by atoms with van der Waals surface area (Å²) in [6, 6.07) is 5.96. The smallest absolute Gasteiger partial charge is 0.264 e. The molecule has 3 rings (SSSR count). The van der Waals surface area contributed by atoms with Crippen molar-refractivity contribution in [2.45, 2.75) is 32.5 Å². The summed E-state index contributed by atoms with van der Waals surface area (Å²) in [5.74, 6) is -0.537. The number of carbonyl (C=O) groups is 1. The number of halogens is 1. The van der Waals surface area contributed by atoms with Gasteiger partial charge in [-0.25, -0.2) is 4.39 Å². The summed E-state index contributed by atoms with van der Waals surface area (Å²) in [6.45, 7) is 3.18. The Bertz CT molecular complexity index is 724. The second kappa shape index (κ2) is 6.60. The molecule has 0 saturated carbocycles. The summed E-state index contributed by atoms with van der Waals surface area (Å²) in [5, 5.41) is 10.9. The van der Waals surface area contributed by atoms with E-state index < -0.39 is 6.10 Å². The zero-order valence-electron chi connectivity index (χ0n) is 12.7. The molecule has 0 spiro atoms. The molecule has 6 nitrogen and oxygen atoms in total. The number of hydrogen-bond donors (Lipinski definition) is 1. The Labute approximate surface area is 132 Å². The van der Waals surface area contributed by atoms with Gasteiger partial charge in [0, 0.05) is 31.3 Å². The molecule has 0 saturated heterocycles. The Balaban J connectivity index is 1.53. The van der Waals surface area contributed by atoms with E-state index in [1.54, 1.807) is 23.0 Å².